The van der Waals surface area contributed by atoms with E-state index in [0.29, 0.717) is 13.3 Å². The summed E-state index contributed by atoms with van der Waals surface area (Å²) in [6.07, 6.45) is 0.611. The summed E-state index contributed by atoms with van der Waals surface area (Å²) in [5.74, 6) is 0. The van der Waals surface area contributed by atoms with Crippen molar-refractivity contribution in [3.8, 4) is 0 Å². The minimum atomic E-state index is 0.156. The lowest BCUT2D eigenvalue weighted by Crippen LogP contribution is -1.69. The standard InChI is InChI=1S/C3H8O/c1-2-3-4/h4H,2-3H2,1H3/i1T. The average Bonchev–Trinajstić information content (AvgIpc) is 1.41. The number of aliphatic hydroxyl groups excluding tert-OH is 1. The van der Waals surface area contributed by atoms with Gasteiger partial charge in [0.25, 0.3) is 0 Å². The highest BCUT2D eigenvalue weighted by Gasteiger charge is 1.57. The molecule has 0 rings (SSSR count). The lowest BCUT2D eigenvalue weighted by Gasteiger charge is -1.69. The van der Waals surface area contributed by atoms with Crippen LogP contribution in [0.25, 0.3) is 0 Å². The molecule has 4 heavy (non-hydrogen) atoms. The molecule has 0 spiro atoms. The van der Waals surface area contributed by atoms with E-state index >= 15 is 0 Å². The molecule has 1 heteroatoms. The van der Waals surface area contributed by atoms with E-state index in [9.17, 15) is 0 Å². The number of hydrogen-bond acceptors (Lipinski definition) is 1. The van der Waals surface area contributed by atoms with Crippen LogP contribution in [-0.2, 0) is 0 Å². The Labute approximate surface area is 27.7 Å². The Morgan fingerprint density at radius 2 is 3.00 bits per heavy atom. The first-order valence-electron chi connectivity index (χ1n) is 2.02. The van der Waals surface area contributed by atoms with E-state index in [4.69, 9.17) is 6.48 Å². The van der Waals surface area contributed by atoms with Crippen molar-refractivity contribution in [1.29, 1.82) is 0 Å². The van der Waals surface area contributed by atoms with E-state index in [-0.39, 0.29) is 6.61 Å². The summed E-state index contributed by atoms with van der Waals surface area (Å²) in [6.45, 7) is 0.500. The molecule has 1 nitrogen and oxygen atoms in total. The van der Waals surface area contributed by atoms with Gasteiger partial charge in [0.05, 0.1) is 0 Å². The normalized spacial score (nSPS) is 10.8. The zero-order valence-electron chi connectivity index (χ0n) is 3.57. The van der Waals surface area contributed by atoms with Gasteiger partial charge in [-0.2, -0.15) is 0 Å². The van der Waals surface area contributed by atoms with Crippen molar-refractivity contribution in [2.24, 2.45) is 0 Å². The maximum atomic E-state index is 7.95. The maximum Gasteiger partial charge on any atom is 0.0428 e. The lowest BCUT2D eigenvalue weighted by molar-refractivity contribution is 0.295. The van der Waals surface area contributed by atoms with Crippen molar-refractivity contribution in [2.75, 3.05) is 6.61 Å². The van der Waals surface area contributed by atoms with Gasteiger partial charge in [-0.3, -0.25) is 0 Å². The van der Waals surface area contributed by atoms with Gasteiger partial charge in [-0.25, -0.2) is 0 Å². The van der Waals surface area contributed by atoms with Crippen LogP contribution < -0.4 is 0 Å². The zero-order valence-corrected chi connectivity index (χ0v) is 2.57. The summed E-state index contributed by atoms with van der Waals surface area (Å²) in [6, 6.07) is 0. The Bertz CT molecular complexity index is 14.4. The first-order chi connectivity index (χ1) is 2.41. The van der Waals surface area contributed by atoms with E-state index in [2.05, 4.69) is 0 Å². The molecule has 1 N–H and O–H groups in total. The van der Waals surface area contributed by atoms with Crippen LogP contribution in [0.15, 0.2) is 0 Å². The van der Waals surface area contributed by atoms with E-state index in [1.807, 2.05) is 0 Å². The highest BCUT2D eigenvalue weighted by Crippen LogP contribution is 1.61. The summed E-state index contributed by atoms with van der Waals surface area (Å²) in [5.41, 5.74) is 0. The second-order valence-corrected chi connectivity index (χ2v) is 0.577. The smallest absolute Gasteiger partial charge is 0.0428 e. The molecule has 0 heterocycles. The lowest BCUT2D eigenvalue weighted by atomic mass is 10.5. The van der Waals surface area contributed by atoms with Gasteiger partial charge in [0, 0.05) is 7.98 Å². The van der Waals surface area contributed by atoms with Crippen molar-refractivity contribution in [2.45, 2.75) is 13.3 Å². The molecule has 0 aliphatic carbocycles. The first kappa shape index (κ1) is 2.21. The minimum Gasteiger partial charge on any atom is -0.396 e. The molecule has 0 saturated heterocycles. The molecule has 0 saturated carbocycles. The third-order valence-electron chi connectivity index (χ3n) is 0.158. The number of aliphatic hydroxyl groups is 1. The Kier molecular flexibility index (Phi) is 1.64. The van der Waals surface area contributed by atoms with Crippen LogP contribution in [0.2, 0.25) is 0 Å². The fourth-order valence-corrected chi connectivity index (χ4v) is 0. The second-order valence-electron chi connectivity index (χ2n) is 0.577. The molecule has 0 aromatic heterocycles. The molecule has 0 amide bonds. The van der Waals surface area contributed by atoms with Crippen LogP contribution in [0, 0.1) is 0 Å². The summed E-state index contributed by atoms with van der Waals surface area (Å²) in [7, 11) is 0. The molecule has 0 fully saturated rings. The summed E-state index contributed by atoms with van der Waals surface area (Å²) in [4.78, 5) is 0. The van der Waals surface area contributed by atoms with Crippen LogP contribution in [0.1, 0.15) is 14.7 Å². The molecule has 0 radical (unpaired) electrons. The number of hydrogen-bond donors (Lipinski definition) is 1. The molecule has 0 aromatic rings. The van der Waals surface area contributed by atoms with Crippen molar-refractivity contribution in [3.63, 3.8) is 0 Å². The quantitative estimate of drug-likeness (QED) is 0.466. The fourth-order valence-electron chi connectivity index (χ4n) is 0. The van der Waals surface area contributed by atoms with E-state index < -0.39 is 0 Å². The van der Waals surface area contributed by atoms with Gasteiger partial charge in [0.2, 0.25) is 0 Å². The Balaban J connectivity index is 2.19. The van der Waals surface area contributed by atoms with Gasteiger partial charge >= 0.3 is 0 Å². The van der Waals surface area contributed by atoms with E-state index in [0.717, 1.165) is 0 Å². The van der Waals surface area contributed by atoms with Gasteiger partial charge in [-0.05, 0) is 6.42 Å². The van der Waals surface area contributed by atoms with E-state index in [1.165, 1.54) is 0 Å². The van der Waals surface area contributed by atoms with Crippen molar-refractivity contribution < 1.29 is 6.48 Å². The average molecular weight is 62.1 g/mol. The highest BCUT2D eigenvalue weighted by molar-refractivity contribution is 4.10. The minimum absolute atomic E-state index is 0.156. The van der Waals surface area contributed by atoms with Crippen LogP contribution >= 0.6 is 0 Å². The second kappa shape index (κ2) is 2.96. The topological polar surface area (TPSA) is 20.2 Å². The Morgan fingerprint density at radius 1 is 2.25 bits per heavy atom. The predicted molar refractivity (Wildman–Crippen MR) is 17.4 cm³/mol. The molecular formula is C3H8O. The Morgan fingerprint density at radius 3 is 3.00 bits per heavy atom. The van der Waals surface area contributed by atoms with Gasteiger partial charge in [-0.1, -0.05) is 6.90 Å². The van der Waals surface area contributed by atoms with Gasteiger partial charge in [-0.15, -0.1) is 0 Å². The summed E-state index contributed by atoms with van der Waals surface area (Å²) >= 11 is 0. The maximum absolute atomic E-state index is 7.95. The SMILES string of the molecule is [3H]CCCO. The molecule has 0 bridgehead atoms. The fraction of sp³-hybridized carbons (Fsp3) is 1.00. The predicted octanol–water partition coefficient (Wildman–Crippen LogP) is 0.389. The molecule has 26 valence electrons. The molecule has 0 aromatic carbocycles. The summed E-state index contributed by atoms with van der Waals surface area (Å²) < 4.78 is 6.44. The largest absolute Gasteiger partial charge is 0.396 e. The highest BCUT2D eigenvalue weighted by atomic mass is 16.2. The Hall–Kier alpha value is -0.0400. The molecular weight excluding hydrogens is 52.0 g/mol. The van der Waals surface area contributed by atoms with Crippen molar-refractivity contribution in [3.05, 3.63) is 0 Å². The van der Waals surface area contributed by atoms with Crippen LogP contribution in [0.3, 0.4) is 0 Å². The third-order valence-corrected chi connectivity index (χ3v) is 0.158. The van der Waals surface area contributed by atoms with Crippen molar-refractivity contribution >= 4 is 0 Å². The van der Waals surface area contributed by atoms with Gasteiger partial charge in [0.1, 0.15) is 0 Å². The molecule has 0 aliphatic rings. The molecule has 0 aliphatic heterocycles. The number of rotatable bonds is 1. The van der Waals surface area contributed by atoms with E-state index in [1.54, 1.807) is 0 Å². The zero-order chi connectivity index (χ0) is 4.12. The van der Waals surface area contributed by atoms with Gasteiger partial charge in [0.15, 0.2) is 0 Å². The third kappa shape index (κ3) is 1.96. The van der Waals surface area contributed by atoms with Crippen molar-refractivity contribution in [1.82, 2.24) is 0 Å². The summed E-state index contributed by atoms with van der Waals surface area (Å²) in [5, 5.41) is 7.95. The van der Waals surface area contributed by atoms with Gasteiger partial charge < -0.3 is 5.11 Å². The molecule has 0 unspecified atom stereocenters. The molecule has 0 atom stereocenters. The van der Waals surface area contributed by atoms with Crippen LogP contribution in [0.5, 0.6) is 0 Å². The monoisotopic (exact) mass is 62.1 g/mol. The van der Waals surface area contributed by atoms with Crippen LogP contribution in [-0.4, -0.2) is 11.7 Å². The first-order valence-corrected chi connectivity index (χ1v) is 1.32. The van der Waals surface area contributed by atoms with Crippen LogP contribution in [0.4, 0.5) is 0 Å².